The molecule has 0 aliphatic carbocycles. The Hall–Kier alpha value is -4.17. The first-order valence-electron chi connectivity index (χ1n) is 10.9. The van der Waals surface area contributed by atoms with Gasteiger partial charge in [0.1, 0.15) is 5.75 Å². The number of rotatable bonds is 6. The smallest absolute Gasteiger partial charge is 0.271 e. The molecular formula is C27H22N2O5S. The monoisotopic (exact) mass is 486 g/mol. The zero-order valence-electron chi connectivity index (χ0n) is 19.1. The number of benzene rings is 4. The summed E-state index contributed by atoms with van der Waals surface area (Å²) in [5.74, 6) is -0.265. The van der Waals surface area contributed by atoms with Crippen LogP contribution in [0.3, 0.4) is 0 Å². The van der Waals surface area contributed by atoms with Crippen molar-refractivity contribution in [1.82, 2.24) is 0 Å². The normalized spacial score (nSPS) is 12.7. The minimum absolute atomic E-state index is 0.0431. The minimum atomic E-state index is -4.35. The molecule has 0 saturated carbocycles. The topological polar surface area (TPSA) is 84.0 Å². The third-order valence-corrected chi connectivity index (χ3v) is 7.93. The van der Waals surface area contributed by atoms with E-state index in [0.717, 1.165) is 4.31 Å². The summed E-state index contributed by atoms with van der Waals surface area (Å²) >= 11 is 0. The molecule has 35 heavy (non-hydrogen) atoms. The number of hydrogen-bond donors (Lipinski definition) is 0. The molecule has 4 aromatic rings. The second-order valence-corrected chi connectivity index (χ2v) is 9.95. The highest BCUT2D eigenvalue weighted by Crippen LogP contribution is 2.40. The lowest BCUT2D eigenvalue weighted by Gasteiger charge is -2.24. The van der Waals surface area contributed by atoms with E-state index in [4.69, 9.17) is 4.74 Å². The van der Waals surface area contributed by atoms with E-state index >= 15 is 0 Å². The number of hydrogen-bond acceptors (Lipinski definition) is 5. The van der Waals surface area contributed by atoms with Crippen molar-refractivity contribution in [1.29, 1.82) is 0 Å². The number of amides is 2. The van der Waals surface area contributed by atoms with Gasteiger partial charge in [0.25, 0.3) is 15.9 Å². The van der Waals surface area contributed by atoms with Gasteiger partial charge in [-0.25, -0.2) is 12.7 Å². The molecule has 0 saturated heterocycles. The summed E-state index contributed by atoms with van der Waals surface area (Å²) in [5, 5.41) is 0.954. The molecule has 0 bridgehead atoms. The summed E-state index contributed by atoms with van der Waals surface area (Å²) < 4.78 is 34.3. The van der Waals surface area contributed by atoms with Gasteiger partial charge in [0.15, 0.2) is 0 Å². The van der Waals surface area contributed by atoms with E-state index in [-0.39, 0.29) is 22.9 Å². The van der Waals surface area contributed by atoms with Crippen molar-refractivity contribution in [3.05, 3.63) is 96.1 Å². The summed E-state index contributed by atoms with van der Waals surface area (Å²) in [6.45, 7) is 0. The van der Waals surface area contributed by atoms with Crippen molar-refractivity contribution in [3.8, 4) is 5.75 Å². The summed E-state index contributed by atoms with van der Waals surface area (Å²) in [4.78, 5) is 27.6. The highest BCUT2D eigenvalue weighted by Gasteiger charge is 2.35. The van der Waals surface area contributed by atoms with Crippen molar-refractivity contribution in [3.63, 3.8) is 0 Å². The Morgan fingerprint density at radius 1 is 0.914 bits per heavy atom. The molecule has 0 spiro atoms. The lowest BCUT2D eigenvalue weighted by Crippen LogP contribution is -2.38. The van der Waals surface area contributed by atoms with E-state index in [1.807, 2.05) is 6.07 Å². The molecule has 2 amide bonds. The van der Waals surface area contributed by atoms with E-state index in [2.05, 4.69) is 0 Å². The number of carbonyl (C=O) groups is 2. The first kappa shape index (κ1) is 22.6. The lowest BCUT2D eigenvalue weighted by atomic mass is 10.1. The van der Waals surface area contributed by atoms with Crippen molar-refractivity contribution >= 4 is 44.0 Å². The fourth-order valence-electron chi connectivity index (χ4n) is 4.41. The van der Waals surface area contributed by atoms with E-state index in [1.165, 1.54) is 30.2 Å². The molecule has 0 unspecified atom stereocenters. The molecule has 8 heteroatoms. The molecule has 5 rings (SSSR count). The van der Waals surface area contributed by atoms with Gasteiger partial charge in [0, 0.05) is 23.4 Å². The summed E-state index contributed by atoms with van der Waals surface area (Å²) in [6.07, 6.45) is -0.103. The first-order chi connectivity index (χ1) is 16.8. The van der Waals surface area contributed by atoms with Crippen LogP contribution in [0, 0.1) is 0 Å². The molecule has 4 aromatic carbocycles. The zero-order valence-corrected chi connectivity index (χ0v) is 20.0. The lowest BCUT2D eigenvalue weighted by molar-refractivity contribution is -0.116. The van der Waals surface area contributed by atoms with E-state index in [1.54, 1.807) is 67.7 Å². The van der Waals surface area contributed by atoms with Crippen LogP contribution in [0.25, 0.3) is 10.8 Å². The average Bonchev–Trinajstić information content (AvgIpc) is 3.11. The quantitative estimate of drug-likeness (QED) is 0.403. The standard InChI is InChI=1S/C27H22N2O5S/c1-28-23-15-16-24(21-9-6-10-22(26(21)23)27(28)31)35(32,33)29(19-11-13-20(34-2)14-12-19)25(30)17-18-7-4-3-5-8-18/h3-16H,17H2,1-2H3. The molecule has 1 heterocycles. The van der Waals surface area contributed by atoms with Crippen molar-refractivity contribution in [2.24, 2.45) is 0 Å². The predicted molar refractivity (Wildman–Crippen MR) is 134 cm³/mol. The van der Waals surface area contributed by atoms with Gasteiger partial charge in [-0.2, -0.15) is 0 Å². The molecule has 7 nitrogen and oxygen atoms in total. The summed E-state index contributed by atoms with van der Waals surface area (Å²) in [7, 11) is -1.19. The number of carbonyl (C=O) groups excluding carboxylic acids is 2. The predicted octanol–water partition coefficient (Wildman–Crippen LogP) is 4.40. The van der Waals surface area contributed by atoms with Crippen molar-refractivity contribution < 1.29 is 22.7 Å². The van der Waals surface area contributed by atoms with Gasteiger partial charge < -0.3 is 9.64 Å². The van der Waals surface area contributed by atoms with Crippen LogP contribution in [0.4, 0.5) is 11.4 Å². The zero-order chi connectivity index (χ0) is 24.7. The van der Waals surface area contributed by atoms with Crippen LogP contribution in [-0.2, 0) is 21.2 Å². The Labute approximate surface area is 203 Å². The van der Waals surface area contributed by atoms with Crippen LogP contribution in [0.2, 0.25) is 0 Å². The van der Waals surface area contributed by atoms with Gasteiger partial charge >= 0.3 is 0 Å². The molecule has 1 aliphatic heterocycles. The van der Waals surface area contributed by atoms with Crippen molar-refractivity contribution in [2.45, 2.75) is 11.3 Å². The van der Waals surface area contributed by atoms with Crippen LogP contribution < -0.4 is 13.9 Å². The SMILES string of the molecule is COc1ccc(N(C(=O)Cc2ccccc2)S(=O)(=O)c2ccc3c4c(cccc24)C(=O)N3C)cc1. The number of anilines is 2. The number of nitrogens with zero attached hydrogens (tertiary/aromatic N) is 2. The van der Waals surface area contributed by atoms with E-state index in [9.17, 15) is 18.0 Å². The molecule has 1 aliphatic rings. The fraction of sp³-hybridized carbons (Fsp3) is 0.111. The average molecular weight is 487 g/mol. The Balaban J connectivity index is 1.68. The van der Waals surface area contributed by atoms with Crippen molar-refractivity contribution in [2.75, 3.05) is 23.4 Å². The highest BCUT2D eigenvalue weighted by molar-refractivity contribution is 7.93. The maximum Gasteiger partial charge on any atom is 0.271 e. The first-order valence-corrected chi connectivity index (χ1v) is 12.4. The number of sulfonamides is 1. The van der Waals surface area contributed by atoms with Gasteiger partial charge in [0.05, 0.1) is 29.8 Å². The van der Waals surface area contributed by atoms with Crippen LogP contribution >= 0.6 is 0 Å². The molecular weight excluding hydrogens is 464 g/mol. The van der Waals surface area contributed by atoms with E-state index < -0.39 is 15.9 Å². The third kappa shape index (κ3) is 3.72. The Morgan fingerprint density at radius 2 is 1.63 bits per heavy atom. The highest BCUT2D eigenvalue weighted by atomic mass is 32.2. The second-order valence-electron chi connectivity index (χ2n) is 8.20. The van der Waals surface area contributed by atoms with Gasteiger partial charge in [-0.1, -0.05) is 42.5 Å². The molecule has 0 aromatic heterocycles. The Morgan fingerprint density at radius 3 is 2.31 bits per heavy atom. The molecule has 0 N–H and O–H groups in total. The third-order valence-electron chi connectivity index (χ3n) is 6.12. The summed E-state index contributed by atoms with van der Waals surface area (Å²) in [6, 6.07) is 23.3. The summed E-state index contributed by atoms with van der Waals surface area (Å²) in [5.41, 5.74) is 1.96. The molecule has 0 atom stereocenters. The maximum absolute atomic E-state index is 14.1. The fourth-order valence-corrected chi connectivity index (χ4v) is 6.03. The van der Waals surface area contributed by atoms with Gasteiger partial charge in [-0.3, -0.25) is 9.59 Å². The largest absolute Gasteiger partial charge is 0.497 e. The van der Waals surface area contributed by atoms with Gasteiger partial charge in [-0.15, -0.1) is 0 Å². The number of methoxy groups -OCH3 is 1. The van der Waals surface area contributed by atoms with Crippen LogP contribution in [-0.4, -0.2) is 34.4 Å². The number of ether oxygens (including phenoxy) is 1. The van der Waals surface area contributed by atoms with Crippen LogP contribution in [0.15, 0.2) is 89.8 Å². The second kappa shape index (κ2) is 8.56. The minimum Gasteiger partial charge on any atom is -0.497 e. The van der Waals surface area contributed by atoms with Crippen LogP contribution in [0.5, 0.6) is 5.75 Å². The molecule has 176 valence electrons. The molecule has 0 radical (unpaired) electrons. The Bertz CT molecular complexity index is 1570. The van der Waals surface area contributed by atoms with Gasteiger partial charge in [0.2, 0.25) is 5.91 Å². The Kier molecular flexibility index (Phi) is 5.53. The van der Waals surface area contributed by atoms with E-state index in [0.29, 0.717) is 33.3 Å². The maximum atomic E-state index is 14.1. The molecule has 0 fully saturated rings. The van der Waals surface area contributed by atoms with Gasteiger partial charge in [-0.05, 0) is 48.0 Å². The van der Waals surface area contributed by atoms with Crippen LogP contribution in [0.1, 0.15) is 15.9 Å².